The highest BCUT2D eigenvalue weighted by molar-refractivity contribution is 9.10. The molecule has 17 heavy (non-hydrogen) atoms. The van der Waals surface area contributed by atoms with Crippen molar-refractivity contribution >= 4 is 21.7 Å². The third-order valence-corrected chi connectivity index (χ3v) is 3.65. The molecule has 6 heteroatoms. The third-order valence-electron chi connectivity index (χ3n) is 2.67. The minimum atomic E-state index is 0.651. The molecule has 92 valence electrons. The molecule has 0 spiro atoms. The lowest BCUT2D eigenvalue weighted by Crippen LogP contribution is -2.10. The molecule has 5 nitrogen and oxygen atoms in total. The van der Waals surface area contributed by atoms with Crippen LogP contribution in [0.4, 0.5) is 5.82 Å². The fourth-order valence-electron chi connectivity index (χ4n) is 1.77. The maximum absolute atomic E-state index is 5.97. The normalized spacial score (nSPS) is 11.0. The minimum Gasteiger partial charge on any atom is -0.383 e. The van der Waals surface area contributed by atoms with Crippen LogP contribution in [0.5, 0.6) is 0 Å². The summed E-state index contributed by atoms with van der Waals surface area (Å²) in [5.41, 5.74) is 7.99. The van der Waals surface area contributed by atoms with E-state index < -0.39 is 0 Å². The number of hydrogen-bond donors (Lipinski definition) is 1. The van der Waals surface area contributed by atoms with E-state index in [1.165, 1.54) is 0 Å². The van der Waals surface area contributed by atoms with Gasteiger partial charge in [-0.3, -0.25) is 0 Å². The SMILES string of the molecule is CCCn1cncc1Cn1nc(C)c(Br)c1N. The molecule has 2 rings (SSSR count). The molecule has 0 aromatic carbocycles. The van der Waals surface area contributed by atoms with Gasteiger partial charge in [0.15, 0.2) is 0 Å². The first-order valence-electron chi connectivity index (χ1n) is 5.60. The standard InChI is InChI=1S/C11H16BrN5/c1-3-4-16-7-14-5-9(16)6-17-11(13)10(12)8(2)15-17/h5,7H,3-4,6,13H2,1-2H3. The zero-order valence-corrected chi connectivity index (χ0v) is 11.6. The van der Waals surface area contributed by atoms with E-state index in [4.69, 9.17) is 5.73 Å². The maximum atomic E-state index is 5.97. The van der Waals surface area contributed by atoms with Crippen molar-refractivity contribution in [2.75, 3.05) is 5.73 Å². The van der Waals surface area contributed by atoms with Gasteiger partial charge in [-0.15, -0.1) is 0 Å². The van der Waals surface area contributed by atoms with E-state index in [1.807, 2.05) is 19.4 Å². The summed E-state index contributed by atoms with van der Waals surface area (Å²) in [5, 5.41) is 4.39. The Morgan fingerprint density at radius 2 is 2.24 bits per heavy atom. The predicted octanol–water partition coefficient (Wildman–Crippen LogP) is 2.19. The van der Waals surface area contributed by atoms with Crippen molar-refractivity contribution < 1.29 is 0 Å². The molecule has 2 heterocycles. The van der Waals surface area contributed by atoms with Crippen molar-refractivity contribution in [1.29, 1.82) is 0 Å². The average molecular weight is 298 g/mol. The molecular formula is C11H16BrN5. The fraction of sp³-hybridized carbons (Fsp3) is 0.455. The van der Waals surface area contributed by atoms with Crippen molar-refractivity contribution in [2.45, 2.75) is 33.4 Å². The molecular weight excluding hydrogens is 282 g/mol. The first-order chi connectivity index (χ1) is 8.13. The van der Waals surface area contributed by atoms with Crippen molar-refractivity contribution in [3.63, 3.8) is 0 Å². The molecule has 0 aliphatic heterocycles. The van der Waals surface area contributed by atoms with Gasteiger partial charge in [-0.2, -0.15) is 5.10 Å². The summed E-state index contributed by atoms with van der Waals surface area (Å²) in [6.45, 7) is 5.70. The van der Waals surface area contributed by atoms with Gasteiger partial charge in [0.25, 0.3) is 0 Å². The highest BCUT2D eigenvalue weighted by Gasteiger charge is 2.11. The van der Waals surface area contributed by atoms with Crippen molar-refractivity contribution in [3.8, 4) is 0 Å². The summed E-state index contributed by atoms with van der Waals surface area (Å²) in [6.07, 6.45) is 4.79. The van der Waals surface area contributed by atoms with Crippen LogP contribution in [-0.2, 0) is 13.1 Å². The summed E-state index contributed by atoms with van der Waals surface area (Å²) in [5.74, 6) is 0.659. The van der Waals surface area contributed by atoms with Gasteiger partial charge >= 0.3 is 0 Å². The molecule has 0 aliphatic carbocycles. The summed E-state index contributed by atoms with van der Waals surface area (Å²) in [7, 11) is 0. The number of aromatic nitrogens is 4. The smallest absolute Gasteiger partial charge is 0.136 e. The number of imidazole rings is 1. The molecule has 0 radical (unpaired) electrons. The van der Waals surface area contributed by atoms with Crippen LogP contribution in [0.25, 0.3) is 0 Å². The van der Waals surface area contributed by atoms with E-state index >= 15 is 0 Å². The van der Waals surface area contributed by atoms with E-state index in [-0.39, 0.29) is 0 Å². The predicted molar refractivity (Wildman–Crippen MR) is 70.7 cm³/mol. The molecule has 0 aliphatic rings. The largest absolute Gasteiger partial charge is 0.383 e. The Balaban J connectivity index is 2.25. The van der Waals surface area contributed by atoms with Crippen molar-refractivity contribution in [2.24, 2.45) is 0 Å². The molecule has 0 bridgehead atoms. The number of nitrogen functional groups attached to an aromatic ring is 1. The number of hydrogen-bond acceptors (Lipinski definition) is 3. The molecule has 0 amide bonds. The van der Waals surface area contributed by atoms with Gasteiger partial charge in [0.2, 0.25) is 0 Å². The molecule has 0 atom stereocenters. The first kappa shape index (κ1) is 12.2. The Morgan fingerprint density at radius 1 is 1.47 bits per heavy atom. The Hall–Kier alpha value is -1.30. The Bertz CT molecular complexity index is 514. The van der Waals surface area contributed by atoms with E-state index in [9.17, 15) is 0 Å². The summed E-state index contributed by atoms with van der Waals surface area (Å²) >= 11 is 3.42. The zero-order chi connectivity index (χ0) is 12.4. The monoisotopic (exact) mass is 297 g/mol. The van der Waals surface area contributed by atoms with Gasteiger partial charge in [-0.05, 0) is 29.3 Å². The maximum Gasteiger partial charge on any atom is 0.136 e. The van der Waals surface area contributed by atoms with Gasteiger partial charge in [0.05, 0.1) is 34.9 Å². The number of aryl methyl sites for hydroxylation is 2. The van der Waals surface area contributed by atoms with Crippen LogP contribution in [0.1, 0.15) is 24.7 Å². The number of nitrogens with zero attached hydrogens (tertiary/aromatic N) is 4. The van der Waals surface area contributed by atoms with E-state index in [1.54, 1.807) is 4.68 Å². The number of halogens is 1. The van der Waals surface area contributed by atoms with Gasteiger partial charge < -0.3 is 10.3 Å². The second kappa shape index (κ2) is 4.91. The lowest BCUT2D eigenvalue weighted by atomic mass is 10.4. The zero-order valence-electron chi connectivity index (χ0n) is 10.0. The quantitative estimate of drug-likeness (QED) is 0.941. The second-order valence-corrected chi connectivity index (χ2v) is 4.81. The van der Waals surface area contributed by atoms with E-state index in [0.717, 1.165) is 28.8 Å². The van der Waals surface area contributed by atoms with Crippen molar-refractivity contribution in [3.05, 3.63) is 28.4 Å². The molecule has 2 aromatic rings. The highest BCUT2D eigenvalue weighted by atomic mass is 79.9. The van der Waals surface area contributed by atoms with Crippen LogP contribution in [0, 0.1) is 6.92 Å². The molecule has 0 saturated carbocycles. The van der Waals surface area contributed by atoms with Crippen LogP contribution in [0.2, 0.25) is 0 Å². The highest BCUT2D eigenvalue weighted by Crippen LogP contribution is 2.23. The Morgan fingerprint density at radius 3 is 2.82 bits per heavy atom. The number of anilines is 1. The lowest BCUT2D eigenvalue weighted by Gasteiger charge is -2.07. The van der Waals surface area contributed by atoms with Crippen molar-refractivity contribution in [1.82, 2.24) is 19.3 Å². The van der Waals surface area contributed by atoms with E-state index in [2.05, 4.69) is 37.5 Å². The lowest BCUT2D eigenvalue weighted by molar-refractivity contribution is 0.598. The van der Waals surface area contributed by atoms with E-state index in [0.29, 0.717) is 12.4 Å². The number of rotatable bonds is 4. The summed E-state index contributed by atoms with van der Waals surface area (Å²) in [6, 6.07) is 0. The van der Waals surface area contributed by atoms with Crippen LogP contribution in [0.15, 0.2) is 17.0 Å². The summed E-state index contributed by atoms with van der Waals surface area (Å²) in [4.78, 5) is 4.17. The van der Waals surface area contributed by atoms with Gasteiger partial charge in [0.1, 0.15) is 5.82 Å². The number of nitrogens with two attached hydrogens (primary N) is 1. The Kier molecular flexibility index (Phi) is 3.51. The molecule has 0 fully saturated rings. The fourth-order valence-corrected chi connectivity index (χ4v) is 2.06. The molecule has 2 N–H and O–H groups in total. The molecule has 0 saturated heterocycles. The second-order valence-electron chi connectivity index (χ2n) is 4.02. The topological polar surface area (TPSA) is 61.7 Å². The molecule has 2 aromatic heterocycles. The Labute approximate surface area is 109 Å². The van der Waals surface area contributed by atoms with Crippen LogP contribution in [-0.4, -0.2) is 19.3 Å². The van der Waals surface area contributed by atoms with Gasteiger partial charge in [-0.1, -0.05) is 6.92 Å². The summed E-state index contributed by atoms with van der Waals surface area (Å²) < 4.78 is 4.80. The van der Waals surface area contributed by atoms with Crippen LogP contribution >= 0.6 is 15.9 Å². The first-order valence-corrected chi connectivity index (χ1v) is 6.40. The van der Waals surface area contributed by atoms with Gasteiger partial charge in [0, 0.05) is 6.54 Å². The van der Waals surface area contributed by atoms with Crippen LogP contribution < -0.4 is 5.73 Å². The third kappa shape index (κ3) is 2.36. The molecule has 0 unspecified atom stereocenters. The minimum absolute atomic E-state index is 0.651. The van der Waals surface area contributed by atoms with Crippen LogP contribution in [0.3, 0.4) is 0 Å². The average Bonchev–Trinajstić information content (AvgIpc) is 2.82. The van der Waals surface area contributed by atoms with Gasteiger partial charge in [-0.25, -0.2) is 9.67 Å².